The molecule has 1 aliphatic carbocycles. The van der Waals surface area contributed by atoms with Crippen molar-refractivity contribution in [3.05, 3.63) is 29.6 Å². The third kappa shape index (κ3) is 3.76. The summed E-state index contributed by atoms with van der Waals surface area (Å²) < 4.78 is 40.1. The zero-order valence-electron chi connectivity index (χ0n) is 11.5. The maximum absolute atomic E-state index is 13.2. The van der Waals surface area contributed by atoms with Gasteiger partial charge in [0.25, 0.3) is 0 Å². The van der Waals surface area contributed by atoms with Crippen LogP contribution < -0.4 is 10.5 Å². The van der Waals surface area contributed by atoms with Crippen molar-refractivity contribution in [2.45, 2.75) is 30.3 Å². The zero-order valence-corrected chi connectivity index (χ0v) is 12.3. The van der Waals surface area contributed by atoms with Gasteiger partial charge in [-0.05, 0) is 37.6 Å². The average molecular weight is 301 g/mol. The van der Waals surface area contributed by atoms with E-state index in [1.54, 1.807) is 0 Å². The first-order valence-corrected chi connectivity index (χ1v) is 8.11. The molecule has 0 unspecified atom stereocenters. The van der Waals surface area contributed by atoms with Crippen molar-refractivity contribution in [1.29, 1.82) is 0 Å². The van der Waals surface area contributed by atoms with Crippen LogP contribution in [0.2, 0.25) is 0 Å². The Morgan fingerprint density at radius 1 is 1.45 bits per heavy atom. The van der Waals surface area contributed by atoms with Crippen LogP contribution in [0.1, 0.15) is 18.4 Å². The second-order valence-corrected chi connectivity index (χ2v) is 6.80. The van der Waals surface area contributed by atoms with Crippen LogP contribution in [0, 0.1) is 5.82 Å². The Morgan fingerprint density at radius 2 is 2.15 bits per heavy atom. The predicted molar refractivity (Wildman–Crippen MR) is 75.1 cm³/mol. The molecule has 1 aliphatic rings. The minimum atomic E-state index is -3.72. The summed E-state index contributed by atoms with van der Waals surface area (Å²) in [6.45, 7) is 0.992. The van der Waals surface area contributed by atoms with Crippen LogP contribution >= 0.6 is 0 Å². The number of hydrogen-bond acceptors (Lipinski definition) is 4. The lowest BCUT2D eigenvalue weighted by molar-refractivity contribution is 0.329. The molecule has 5 nitrogen and oxygen atoms in total. The molecular weight excluding hydrogens is 281 g/mol. The second kappa shape index (κ2) is 6.17. The summed E-state index contributed by atoms with van der Waals surface area (Å²) in [6.07, 6.45) is 2.34. The summed E-state index contributed by atoms with van der Waals surface area (Å²) in [5.74, 6) is -0.585. The van der Waals surface area contributed by atoms with Crippen molar-refractivity contribution in [1.82, 2.24) is 9.62 Å². The van der Waals surface area contributed by atoms with E-state index in [2.05, 4.69) is 9.62 Å². The minimum absolute atomic E-state index is 0.0541. The lowest BCUT2D eigenvalue weighted by Crippen LogP contribution is -2.34. The molecule has 0 saturated heterocycles. The summed E-state index contributed by atoms with van der Waals surface area (Å²) in [7, 11) is -1.75. The van der Waals surface area contributed by atoms with E-state index in [4.69, 9.17) is 5.73 Å². The molecule has 7 heteroatoms. The Balaban J connectivity index is 2.03. The largest absolute Gasteiger partial charge is 0.326 e. The Hall–Kier alpha value is -1.02. The fourth-order valence-corrected chi connectivity index (χ4v) is 3.36. The van der Waals surface area contributed by atoms with Gasteiger partial charge in [0.05, 0.1) is 4.90 Å². The molecule has 1 saturated carbocycles. The predicted octanol–water partition coefficient (Wildman–Crippen LogP) is 0.657. The van der Waals surface area contributed by atoms with Crippen LogP contribution in [0.5, 0.6) is 0 Å². The van der Waals surface area contributed by atoms with E-state index < -0.39 is 15.8 Å². The first-order valence-electron chi connectivity index (χ1n) is 6.62. The highest BCUT2D eigenvalue weighted by Gasteiger charge is 2.26. The average Bonchev–Trinajstić information content (AvgIpc) is 3.22. The van der Waals surface area contributed by atoms with Gasteiger partial charge in [-0.1, -0.05) is 6.07 Å². The molecule has 0 atom stereocenters. The van der Waals surface area contributed by atoms with Crippen LogP contribution in [0.15, 0.2) is 23.1 Å². The van der Waals surface area contributed by atoms with Crippen molar-refractivity contribution < 1.29 is 12.8 Å². The smallest absolute Gasteiger partial charge is 0.241 e. The highest BCUT2D eigenvalue weighted by Crippen LogP contribution is 2.24. The summed E-state index contributed by atoms with van der Waals surface area (Å²) in [5.41, 5.74) is 5.91. The van der Waals surface area contributed by atoms with E-state index in [-0.39, 0.29) is 11.4 Å². The van der Waals surface area contributed by atoms with Gasteiger partial charge >= 0.3 is 0 Å². The van der Waals surface area contributed by atoms with Gasteiger partial charge in [-0.15, -0.1) is 0 Å². The lowest BCUT2D eigenvalue weighted by atomic mass is 10.2. The van der Waals surface area contributed by atoms with Crippen molar-refractivity contribution in [3.8, 4) is 0 Å². The SMILES string of the molecule is CN(CCNS(=O)(=O)c1cc(F)ccc1CN)C1CC1. The first kappa shape index (κ1) is 15.4. The second-order valence-electron chi connectivity index (χ2n) is 5.07. The molecule has 0 heterocycles. The highest BCUT2D eigenvalue weighted by atomic mass is 32.2. The monoisotopic (exact) mass is 301 g/mol. The third-order valence-corrected chi connectivity index (χ3v) is 5.01. The zero-order chi connectivity index (χ0) is 14.8. The van der Waals surface area contributed by atoms with E-state index in [0.717, 1.165) is 6.07 Å². The van der Waals surface area contributed by atoms with Crippen LogP contribution in [0.25, 0.3) is 0 Å². The molecule has 1 aromatic carbocycles. The van der Waals surface area contributed by atoms with E-state index >= 15 is 0 Å². The van der Waals surface area contributed by atoms with Gasteiger partial charge in [-0.25, -0.2) is 17.5 Å². The molecule has 2 rings (SSSR count). The van der Waals surface area contributed by atoms with Gasteiger partial charge in [0.1, 0.15) is 5.82 Å². The molecule has 1 aromatic rings. The summed E-state index contributed by atoms with van der Waals surface area (Å²) in [5, 5.41) is 0. The van der Waals surface area contributed by atoms with Crippen LogP contribution in [0.3, 0.4) is 0 Å². The normalized spacial score (nSPS) is 15.8. The lowest BCUT2D eigenvalue weighted by Gasteiger charge is -2.16. The molecular formula is C13H20FN3O2S. The Morgan fingerprint density at radius 3 is 2.75 bits per heavy atom. The fourth-order valence-electron chi connectivity index (χ4n) is 2.08. The summed E-state index contributed by atoms with van der Waals surface area (Å²) >= 11 is 0. The highest BCUT2D eigenvalue weighted by molar-refractivity contribution is 7.89. The number of rotatable bonds is 7. The third-order valence-electron chi connectivity index (χ3n) is 3.47. The number of nitrogens with two attached hydrogens (primary N) is 1. The topological polar surface area (TPSA) is 75.4 Å². The number of halogens is 1. The molecule has 0 radical (unpaired) electrons. The maximum atomic E-state index is 13.2. The van der Waals surface area contributed by atoms with Crippen molar-refractivity contribution in [2.24, 2.45) is 5.73 Å². The van der Waals surface area contributed by atoms with Crippen molar-refractivity contribution in [2.75, 3.05) is 20.1 Å². The Bertz CT molecular complexity index is 573. The minimum Gasteiger partial charge on any atom is -0.326 e. The van der Waals surface area contributed by atoms with Crippen LogP contribution in [-0.4, -0.2) is 39.5 Å². The van der Waals surface area contributed by atoms with Crippen LogP contribution in [-0.2, 0) is 16.6 Å². The fraction of sp³-hybridized carbons (Fsp3) is 0.538. The molecule has 1 fully saturated rings. The number of hydrogen-bond donors (Lipinski definition) is 2. The molecule has 0 amide bonds. The van der Waals surface area contributed by atoms with Gasteiger partial charge in [0, 0.05) is 25.7 Å². The Kier molecular flexibility index (Phi) is 4.74. The standard InChI is InChI=1S/C13H20FN3O2S/c1-17(12-4-5-12)7-6-16-20(18,19)13-8-11(14)3-2-10(13)9-15/h2-3,8,12,16H,4-7,9,15H2,1H3. The molecule has 3 N–H and O–H groups in total. The first-order chi connectivity index (χ1) is 9.44. The van der Waals surface area contributed by atoms with E-state index in [0.29, 0.717) is 24.7 Å². The molecule has 0 aliphatic heterocycles. The number of benzene rings is 1. The molecule has 20 heavy (non-hydrogen) atoms. The van der Waals surface area contributed by atoms with Gasteiger partial charge < -0.3 is 10.6 Å². The van der Waals surface area contributed by atoms with Gasteiger partial charge in [0.15, 0.2) is 0 Å². The number of nitrogens with one attached hydrogen (secondary N) is 1. The van der Waals surface area contributed by atoms with Crippen LogP contribution in [0.4, 0.5) is 4.39 Å². The quantitative estimate of drug-likeness (QED) is 0.775. The van der Waals surface area contributed by atoms with E-state index in [9.17, 15) is 12.8 Å². The molecule has 0 bridgehead atoms. The Labute approximate surface area is 119 Å². The van der Waals surface area contributed by atoms with Gasteiger partial charge in [-0.3, -0.25) is 0 Å². The summed E-state index contributed by atoms with van der Waals surface area (Å²) in [4.78, 5) is 2.05. The van der Waals surface area contributed by atoms with E-state index in [1.807, 2.05) is 7.05 Å². The summed E-state index contributed by atoms with van der Waals surface area (Å²) in [6, 6.07) is 4.20. The molecule has 0 spiro atoms. The molecule has 112 valence electrons. The number of likely N-dealkylation sites (N-methyl/N-ethyl adjacent to an activating group) is 1. The van der Waals surface area contributed by atoms with Crippen molar-refractivity contribution >= 4 is 10.0 Å². The van der Waals surface area contributed by atoms with Crippen molar-refractivity contribution in [3.63, 3.8) is 0 Å². The molecule has 0 aromatic heterocycles. The number of sulfonamides is 1. The van der Waals surface area contributed by atoms with Gasteiger partial charge in [-0.2, -0.15) is 0 Å². The van der Waals surface area contributed by atoms with E-state index in [1.165, 1.54) is 25.0 Å². The maximum Gasteiger partial charge on any atom is 0.241 e. The number of nitrogens with zero attached hydrogens (tertiary/aromatic N) is 1. The van der Waals surface area contributed by atoms with Gasteiger partial charge in [0.2, 0.25) is 10.0 Å².